The van der Waals surface area contributed by atoms with Gasteiger partial charge in [0.1, 0.15) is 10.7 Å². The highest BCUT2D eigenvalue weighted by Gasteiger charge is 2.25. The number of hydrogen-bond acceptors (Lipinski definition) is 6. The van der Waals surface area contributed by atoms with Crippen molar-refractivity contribution >= 4 is 29.1 Å². The molecule has 0 bridgehead atoms. The fourth-order valence-electron chi connectivity index (χ4n) is 2.62. The van der Waals surface area contributed by atoms with Crippen molar-refractivity contribution in [2.45, 2.75) is 12.8 Å². The molecule has 1 fully saturated rings. The Balaban J connectivity index is 1.79. The van der Waals surface area contributed by atoms with Gasteiger partial charge in [-0.2, -0.15) is 0 Å². The van der Waals surface area contributed by atoms with Gasteiger partial charge in [0.05, 0.1) is 18.9 Å². The summed E-state index contributed by atoms with van der Waals surface area (Å²) >= 11 is 0. The number of carbonyl (C=O) groups excluding carboxylic acids is 2. The van der Waals surface area contributed by atoms with Crippen molar-refractivity contribution in [3.05, 3.63) is 46.2 Å². The number of methoxy groups -OCH3 is 1. The summed E-state index contributed by atoms with van der Waals surface area (Å²) in [6.07, 6.45) is 1.29. The first-order valence-electron chi connectivity index (χ1n) is 7.53. The number of nitrogens with one attached hydrogen (secondary N) is 1. The van der Waals surface area contributed by atoms with Crippen LogP contribution >= 0.6 is 0 Å². The van der Waals surface area contributed by atoms with Crippen LogP contribution in [0, 0.1) is 10.1 Å². The molecule has 0 aliphatic carbocycles. The molecule has 9 heteroatoms. The van der Waals surface area contributed by atoms with E-state index < -0.39 is 16.7 Å². The normalized spacial score (nSPS) is 13.8. The molecule has 3 rings (SSSR count). The molecule has 1 saturated heterocycles. The summed E-state index contributed by atoms with van der Waals surface area (Å²) in [6.45, 7) is 0.622. The number of benzene rings is 1. The zero-order valence-electron chi connectivity index (χ0n) is 13.4. The third-order valence-corrected chi connectivity index (χ3v) is 3.80. The molecule has 1 N–H and O–H groups in total. The lowest BCUT2D eigenvalue weighted by Gasteiger charge is -2.19. The quantitative estimate of drug-likeness (QED) is 0.658. The third kappa shape index (κ3) is 3.30. The Morgan fingerprint density at radius 2 is 2.16 bits per heavy atom. The molecule has 1 aromatic heterocycles. The van der Waals surface area contributed by atoms with Crippen molar-refractivity contribution in [1.82, 2.24) is 0 Å². The smallest absolute Gasteiger partial charge is 0.433 e. The van der Waals surface area contributed by atoms with Crippen LogP contribution in [-0.4, -0.2) is 30.4 Å². The lowest BCUT2D eigenvalue weighted by molar-refractivity contribution is -0.402. The number of ether oxygens (including phenoxy) is 1. The highest BCUT2D eigenvalue weighted by Crippen LogP contribution is 2.34. The summed E-state index contributed by atoms with van der Waals surface area (Å²) in [6, 6.07) is 7.22. The largest absolute Gasteiger partial charge is 0.494 e. The maximum absolute atomic E-state index is 12.1. The number of nitrogens with zero attached hydrogens (tertiary/aromatic N) is 2. The first-order valence-corrected chi connectivity index (χ1v) is 7.53. The van der Waals surface area contributed by atoms with Crippen molar-refractivity contribution in [3.63, 3.8) is 0 Å². The maximum atomic E-state index is 12.1. The van der Waals surface area contributed by atoms with Gasteiger partial charge < -0.3 is 19.4 Å². The van der Waals surface area contributed by atoms with Gasteiger partial charge in [-0.05, 0) is 24.6 Å². The van der Waals surface area contributed by atoms with E-state index >= 15 is 0 Å². The van der Waals surface area contributed by atoms with E-state index in [9.17, 15) is 19.7 Å². The van der Waals surface area contributed by atoms with E-state index in [1.165, 1.54) is 13.2 Å². The zero-order valence-corrected chi connectivity index (χ0v) is 13.4. The van der Waals surface area contributed by atoms with Gasteiger partial charge in [0, 0.05) is 24.7 Å². The van der Waals surface area contributed by atoms with Gasteiger partial charge in [-0.1, -0.05) is 0 Å². The minimum Gasteiger partial charge on any atom is -0.494 e. The molecule has 0 spiro atoms. The van der Waals surface area contributed by atoms with Gasteiger partial charge in [0.25, 0.3) is 5.91 Å². The van der Waals surface area contributed by atoms with Crippen LogP contribution in [0.1, 0.15) is 23.4 Å². The molecule has 0 unspecified atom stereocenters. The lowest BCUT2D eigenvalue weighted by Crippen LogP contribution is -2.24. The van der Waals surface area contributed by atoms with Crippen LogP contribution in [0.3, 0.4) is 0 Å². The number of hydrogen-bond donors (Lipinski definition) is 1. The second-order valence-corrected chi connectivity index (χ2v) is 5.38. The van der Waals surface area contributed by atoms with E-state index in [2.05, 4.69) is 5.32 Å². The molecule has 2 aromatic rings. The highest BCUT2D eigenvalue weighted by molar-refractivity contribution is 6.03. The predicted molar refractivity (Wildman–Crippen MR) is 87.9 cm³/mol. The van der Waals surface area contributed by atoms with E-state index in [1.54, 1.807) is 23.1 Å². The molecule has 1 aliphatic heterocycles. The van der Waals surface area contributed by atoms with Crippen molar-refractivity contribution in [2.24, 2.45) is 0 Å². The molecule has 0 radical (unpaired) electrons. The van der Waals surface area contributed by atoms with Gasteiger partial charge in [-0.25, -0.2) is 0 Å². The van der Waals surface area contributed by atoms with E-state index in [0.29, 0.717) is 30.1 Å². The summed E-state index contributed by atoms with van der Waals surface area (Å²) in [5, 5.41) is 13.2. The molecule has 2 heterocycles. The SMILES string of the molecule is COc1cc(NC(=O)c2ccc([N+](=O)[O-])o2)ccc1N1CCCC1=O. The van der Waals surface area contributed by atoms with Crippen molar-refractivity contribution in [3.8, 4) is 5.75 Å². The van der Waals surface area contributed by atoms with Crippen molar-refractivity contribution in [2.75, 3.05) is 23.9 Å². The Morgan fingerprint density at radius 3 is 2.76 bits per heavy atom. The first-order chi connectivity index (χ1) is 12.0. The van der Waals surface area contributed by atoms with Crippen LogP contribution < -0.4 is 15.0 Å². The average Bonchev–Trinajstić information content (AvgIpc) is 3.24. The van der Waals surface area contributed by atoms with Crippen LogP contribution in [-0.2, 0) is 4.79 Å². The van der Waals surface area contributed by atoms with Gasteiger partial charge in [-0.3, -0.25) is 19.7 Å². The van der Waals surface area contributed by atoms with Crippen molar-refractivity contribution < 1.29 is 23.7 Å². The van der Waals surface area contributed by atoms with Gasteiger partial charge in [0.15, 0.2) is 5.76 Å². The molecule has 2 amide bonds. The molecule has 0 saturated carbocycles. The van der Waals surface area contributed by atoms with Crippen LogP contribution in [0.4, 0.5) is 17.3 Å². The standard InChI is InChI=1S/C16H15N3O6/c1-24-13-9-10(4-5-11(13)18-8-2-3-14(18)20)17-16(21)12-6-7-15(25-12)19(22)23/h4-7,9H,2-3,8H2,1H3,(H,17,21). The Bertz CT molecular complexity index is 844. The van der Waals surface area contributed by atoms with Crippen LogP contribution in [0.5, 0.6) is 5.75 Å². The Kier molecular flexibility index (Phi) is 4.38. The number of anilines is 2. The Labute approximate surface area is 142 Å². The molecule has 0 atom stereocenters. The number of carbonyl (C=O) groups is 2. The number of rotatable bonds is 5. The second-order valence-electron chi connectivity index (χ2n) is 5.38. The third-order valence-electron chi connectivity index (χ3n) is 3.80. The number of nitro groups is 1. The molecule has 1 aromatic carbocycles. The molecule has 130 valence electrons. The molecular weight excluding hydrogens is 330 g/mol. The minimum absolute atomic E-state index is 0.0259. The second kappa shape index (κ2) is 6.63. The molecule has 9 nitrogen and oxygen atoms in total. The van der Waals surface area contributed by atoms with E-state index in [1.807, 2.05) is 0 Å². The predicted octanol–water partition coefficient (Wildman–Crippen LogP) is 2.58. The van der Waals surface area contributed by atoms with E-state index in [4.69, 9.17) is 9.15 Å². The molecule has 1 aliphatic rings. The van der Waals surface area contributed by atoms with Crippen molar-refractivity contribution in [1.29, 1.82) is 0 Å². The summed E-state index contributed by atoms with van der Waals surface area (Å²) in [4.78, 5) is 35.5. The summed E-state index contributed by atoms with van der Waals surface area (Å²) in [5.41, 5.74) is 1.05. The Morgan fingerprint density at radius 1 is 1.36 bits per heavy atom. The van der Waals surface area contributed by atoms with Crippen LogP contribution in [0.15, 0.2) is 34.7 Å². The Hall–Kier alpha value is -3.36. The zero-order chi connectivity index (χ0) is 18.0. The first kappa shape index (κ1) is 16.5. The molecule has 25 heavy (non-hydrogen) atoms. The highest BCUT2D eigenvalue weighted by atomic mass is 16.6. The van der Waals surface area contributed by atoms with Gasteiger partial charge >= 0.3 is 5.88 Å². The van der Waals surface area contributed by atoms with E-state index in [-0.39, 0.29) is 11.7 Å². The number of furan rings is 1. The topological polar surface area (TPSA) is 115 Å². The number of amides is 2. The average molecular weight is 345 g/mol. The summed E-state index contributed by atoms with van der Waals surface area (Å²) < 4.78 is 10.2. The molecular formula is C16H15N3O6. The summed E-state index contributed by atoms with van der Waals surface area (Å²) in [5.74, 6) is -0.841. The van der Waals surface area contributed by atoms with E-state index in [0.717, 1.165) is 12.5 Å². The maximum Gasteiger partial charge on any atom is 0.433 e. The monoisotopic (exact) mass is 345 g/mol. The lowest BCUT2D eigenvalue weighted by atomic mass is 10.2. The van der Waals surface area contributed by atoms with Gasteiger partial charge in [0.2, 0.25) is 5.91 Å². The van der Waals surface area contributed by atoms with Gasteiger partial charge in [-0.15, -0.1) is 0 Å². The fourth-order valence-corrected chi connectivity index (χ4v) is 2.62. The fraction of sp³-hybridized carbons (Fsp3) is 0.250. The summed E-state index contributed by atoms with van der Waals surface area (Å²) in [7, 11) is 1.47. The van der Waals surface area contributed by atoms with Crippen LogP contribution in [0.2, 0.25) is 0 Å². The minimum atomic E-state index is -0.721. The van der Waals surface area contributed by atoms with Crippen LogP contribution in [0.25, 0.3) is 0 Å².